The van der Waals surface area contributed by atoms with Gasteiger partial charge in [0.05, 0.1) is 5.02 Å². The number of carbonyl (C=O) groups is 1. The first-order valence-electron chi connectivity index (χ1n) is 8.14. The Morgan fingerprint density at radius 1 is 1.12 bits per heavy atom. The second kappa shape index (κ2) is 7.80. The molecule has 1 aliphatic rings. The number of nitrogens with zero attached hydrogens (tertiary/aromatic N) is 3. The SMILES string of the molecule is O=C(O)c1nc(N2CCCN(Cc3ccc(F)cc3)CC2)ccc1Cl. The Morgan fingerprint density at radius 3 is 2.60 bits per heavy atom. The van der Waals surface area contributed by atoms with E-state index < -0.39 is 5.97 Å². The smallest absolute Gasteiger partial charge is 0.356 e. The number of aromatic nitrogens is 1. The fourth-order valence-corrected chi connectivity index (χ4v) is 3.15. The number of carboxylic acids is 1. The molecule has 2 aromatic rings. The number of pyridine rings is 1. The zero-order chi connectivity index (χ0) is 17.8. The molecule has 1 aliphatic heterocycles. The molecule has 1 aromatic carbocycles. The molecule has 1 aromatic heterocycles. The van der Waals surface area contributed by atoms with Crippen LogP contribution in [0.5, 0.6) is 0 Å². The number of benzene rings is 1. The molecule has 3 rings (SSSR count). The van der Waals surface area contributed by atoms with E-state index in [9.17, 15) is 9.18 Å². The highest BCUT2D eigenvalue weighted by molar-refractivity contribution is 6.33. The zero-order valence-electron chi connectivity index (χ0n) is 13.7. The van der Waals surface area contributed by atoms with Crippen LogP contribution in [0.1, 0.15) is 22.5 Å². The van der Waals surface area contributed by atoms with Crippen LogP contribution in [0, 0.1) is 5.82 Å². The summed E-state index contributed by atoms with van der Waals surface area (Å²) in [5.41, 5.74) is 0.958. The Labute approximate surface area is 150 Å². The third kappa shape index (κ3) is 4.46. The predicted octanol–water partition coefficient (Wildman–Crippen LogP) is 3.28. The normalized spacial score (nSPS) is 15.8. The number of carboxylic acid groups (broad SMARTS) is 1. The van der Waals surface area contributed by atoms with E-state index in [0.717, 1.165) is 44.7 Å². The molecule has 0 radical (unpaired) electrons. The van der Waals surface area contributed by atoms with Crippen molar-refractivity contribution in [1.82, 2.24) is 9.88 Å². The maximum absolute atomic E-state index is 13.0. The lowest BCUT2D eigenvalue weighted by Gasteiger charge is -2.23. The fraction of sp³-hybridized carbons (Fsp3) is 0.333. The van der Waals surface area contributed by atoms with Crippen molar-refractivity contribution in [3.63, 3.8) is 0 Å². The molecule has 0 bridgehead atoms. The number of aromatic carboxylic acids is 1. The highest BCUT2D eigenvalue weighted by atomic mass is 35.5. The van der Waals surface area contributed by atoms with Gasteiger partial charge in [-0.1, -0.05) is 23.7 Å². The molecule has 0 spiro atoms. The molecule has 0 saturated carbocycles. The predicted molar refractivity (Wildman–Crippen MR) is 94.7 cm³/mol. The average molecular weight is 364 g/mol. The second-order valence-corrected chi connectivity index (χ2v) is 6.46. The van der Waals surface area contributed by atoms with Gasteiger partial charge in [-0.3, -0.25) is 4.90 Å². The highest BCUT2D eigenvalue weighted by Crippen LogP contribution is 2.21. The van der Waals surface area contributed by atoms with Crippen LogP contribution in [-0.4, -0.2) is 47.1 Å². The van der Waals surface area contributed by atoms with Crippen molar-refractivity contribution in [2.75, 3.05) is 31.1 Å². The standard InChI is InChI=1S/C18H19ClFN3O2/c19-15-6-7-16(21-17(15)18(24)25)23-9-1-8-22(10-11-23)12-13-2-4-14(20)5-3-13/h2-7H,1,8-12H2,(H,24,25). The minimum absolute atomic E-state index is 0.119. The minimum Gasteiger partial charge on any atom is -0.476 e. The second-order valence-electron chi connectivity index (χ2n) is 6.05. The van der Waals surface area contributed by atoms with Gasteiger partial charge in [-0.25, -0.2) is 14.2 Å². The number of anilines is 1. The van der Waals surface area contributed by atoms with E-state index in [1.54, 1.807) is 24.3 Å². The molecule has 25 heavy (non-hydrogen) atoms. The Kier molecular flexibility index (Phi) is 5.50. The van der Waals surface area contributed by atoms with Crippen molar-refractivity contribution in [2.45, 2.75) is 13.0 Å². The van der Waals surface area contributed by atoms with Crippen LogP contribution in [0.25, 0.3) is 0 Å². The van der Waals surface area contributed by atoms with Crippen molar-refractivity contribution in [1.29, 1.82) is 0 Å². The Bertz CT molecular complexity index is 754. The lowest BCUT2D eigenvalue weighted by atomic mass is 10.2. The number of hydrogen-bond donors (Lipinski definition) is 1. The Balaban J connectivity index is 1.66. The van der Waals surface area contributed by atoms with Crippen LogP contribution in [0.2, 0.25) is 5.02 Å². The third-order valence-corrected chi connectivity index (χ3v) is 4.57. The van der Waals surface area contributed by atoms with Crippen molar-refractivity contribution in [3.05, 3.63) is 58.5 Å². The van der Waals surface area contributed by atoms with Gasteiger partial charge in [0, 0.05) is 32.7 Å². The summed E-state index contributed by atoms with van der Waals surface area (Å²) in [5, 5.41) is 9.31. The van der Waals surface area contributed by atoms with Gasteiger partial charge in [-0.15, -0.1) is 0 Å². The van der Waals surface area contributed by atoms with Crippen LogP contribution in [-0.2, 0) is 6.54 Å². The minimum atomic E-state index is -1.13. The molecule has 7 heteroatoms. The van der Waals surface area contributed by atoms with Gasteiger partial charge in [-0.05, 0) is 36.2 Å². The third-order valence-electron chi connectivity index (χ3n) is 4.27. The molecule has 0 unspecified atom stereocenters. The lowest BCUT2D eigenvalue weighted by Crippen LogP contribution is -2.31. The quantitative estimate of drug-likeness (QED) is 0.903. The molecule has 0 amide bonds. The molecule has 132 valence electrons. The van der Waals surface area contributed by atoms with E-state index in [0.29, 0.717) is 5.82 Å². The van der Waals surface area contributed by atoms with Gasteiger partial charge in [0.15, 0.2) is 5.69 Å². The topological polar surface area (TPSA) is 56.7 Å². The van der Waals surface area contributed by atoms with Crippen LogP contribution in [0.3, 0.4) is 0 Å². The van der Waals surface area contributed by atoms with Crippen LogP contribution < -0.4 is 4.90 Å². The average Bonchev–Trinajstić information content (AvgIpc) is 2.83. The summed E-state index contributed by atoms with van der Waals surface area (Å²) in [5.74, 6) is -0.723. The van der Waals surface area contributed by atoms with Gasteiger partial charge in [0.2, 0.25) is 0 Å². The largest absolute Gasteiger partial charge is 0.476 e. The van der Waals surface area contributed by atoms with Crippen molar-refractivity contribution in [2.24, 2.45) is 0 Å². The summed E-state index contributed by atoms with van der Waals surface area (Å²) in [7, 11) is 0. The van der Waals surface area contributed by atoms with E-state index in [1.807, 2.05) is 0 Å². The van der Waals surface area contributed by atoms with Crippen molar-refractivity contribution < 1.29 is 14.3 Å². The van der Waals surface area contributed by atoms with E-state index >= 15 is 0 Å². The highest BCUT2D eigenvalue weighted by Gasteiger charge is 2.19. The summed E-state index contributed by atoms with van der Waals surface area (Å²) < 4.78 is 13.0. The van der Waals surface area contributed by atoms with E-state index in [2.05, 4.69) is 14.8 Å². The molecule has 1 N–H and O–H groups in total. The molecule has 0 atom stereocenters. The van der Waals surface area contributed by atoms with Gasteiger partial charge < -0.3 is 10.0 Å². The number of halogens is 2. The van der Waals surface area contributed by atoms with Crippen molar-refractivity contribution in [3.8, 4) is 0 Å². The summed E-state index contributed by atoms with van der Waals surface area (Å²) in [4.78, 5) is 19.8. The van der Waals surface area contributed by atoms with E-state index in [1.165, 1.54) is 12.1 Å². The van der Waals surface area contributed by atoms with Gasteiger partial charge in [0.25, 0.3) is 0 Å². The number of rotatable bonds is 4. The summed E-state index contributed by atoms with van der Waals surface area (Å²) in [6.45, 7) is 4.06. The molecule has 2 heterocycles. The first-order chi connectivity index (χ1) is 12.0. The van der Waals surface area contributed by atoms with Gasteiger partial charge in [-0.2, -0.15) is 0 Å². The van der Waals surface area contributed by atoms with E-state index in [4.69, 9.17) is 16.7 Å². The van der Waals surface area contributed by atoms with Crippen molar-refractivity contribution >= 4 is 23.4 Å². The lowest BCUT2D eigenvalue weighted by molar-refractivity contribution is 0.0691. The van der Waals surface area contributed by atoms with Crippen LogP contribution in [0.4, 0.5) is 10.2 Å². The Morgan fingerprint density at radius 2 is 1.88 bits per heavy atom. The molecule has 1 fully saturated rings. The fourth-order valence-electron chi connectivity index (χ4n) is 2.96. The molecular formula is C18H19ClFN3O2. The monoisotopic (exact) mass is 363 g/mol. The first-order valence-corrected chi connectivity index (χ1v) is 8.52. The van der Waals surface area contributed by atoms with Crippen LogP contribution >= 0.6 is 11.6 Å². The zero-order valence-corrected chi connectivity index (χ0v) is 14.4. The first kappa shape index (κ1) is 17.6. The van der Waals surface area contributed by atoms with Gasteiger partial charge >= 0.3 is 5.97 Å². The summed E-state index contributed by atoms with van der Waals surface area (Å²) >= 11 is 5.89. The van der Waals surface area contributed by atoms with Gasteiger partial charge in [0.1, 0.15) is 11.6 Å². The molecular weight excluding hydrogens is 345 g/mol. The number of hydrogen-bond acceptors (Lipinski definition) is 4. The van der Waals surface area contributed by atoms with Crippen LogP contribution in [0.15, 0.2) is 36.4 Å². The maximum atomic E-state index is 13.0. The maximum Gasteiger partial charge on any atom is 0.356 e. The molecule has 1 saturated heterocycles. The Hall–Kier alpha value is -2.18. The summed E-state index contributed by atoms with van der Waals surface area (Å²) in [6, 6.07) is 9.89. The molecule has 0 aliphatic carbocycles. The van der Waals surface area contributed by atoms with E-state index in [-0.39, 0.29) is 16.5 Å². The summed E-state index contributed by atoms with van der Waals surface area (Å²) in [6.07, 6.45) is 0.938. The molecule has 5 nitrogen and oxygen atoms in total.